The van der Waals surface area contributed by atoms with Crippen LogP contribution < -0.4 is 0 Å². The second-order valence-electron chi connectivity index (χ2n) is 5.84. The average molecular weight is 384 g/mol. The van der Waals surface area contributed by atoms with Crippen LogP contribution in [-0.2, 0) is 10.4 Å². The number of hydrogen-bond donors (Lipinski definition) is 1. The molecule has 3 rings (SSSR count). The van der Waals surface area contributed by atoms with Gasteiger partial charge < -0.3 is 10.0 Å². The lowest BCUT2D eigenvalue weighted by Gasteiger charge is -2.29. The molecule has 1 atom stereocenters. The smallest absolute Gasteiger partial charge is 0.411 e. The first-order chi connectivity index (χ1) is 12.3. The van der Waals surface area contributed by atoms with Gasteiger partial charge in [-0.1, -0.05) is 34.0 Å². The second-order valence-corrected chi connectivity index (χ2v) is 6.28. The minimum absolute atomic E-state index is 0.0756. The number of alkyl halides is 3. The first-order valence-corrected chi connectivity index (χ1v) is 7.86. The van der Waals surface area contributed by atoms with Gasteiger partial charge in [-0.15, -0.1) is 0 Å². The van der Waals surface area contributed by atoms with Crippen molar-refractivity contribution in [3.8, 4) is 0 Å². The molecule has 1 aliphatic rings. The van der Waals surface area contributed by atoms with Crippen molar-refractivity contribution in [1.82, 2.24) is 4.98 Å². The number of nitrogens with zero attached hydrogens (tertiary/aromatic N) is 3. The zero-order chi connectivity index (χ0) is 18.9. The Kier molecular flexibility index (Phi) is 4.62. The Hall–Kier alpha value is -2.61. The fourth-order valence-electron chi connectivity index (χ4n) is 2.75. The summed E-state index contributed by atoms with van der Waals surface area (Å²) in [5.41, 5.74) is -0.860. The first-order valence-electron chi connectivity index (χ1n) is 7.48. The Morgan fingerprint density at radius 1 is 1.31 bits per heavy atom. The van der Waals surface area contributed by atoms with Crippen LogP contribution in [0.3, 0.4) is 0 Å². The van der Waals surface area contributed by atoms with Gasteiger partial charge in [0.15, 0.2) is 0 Å². The van der Waals surface area contributed by atoms with Crippen LogP contribution in [0.1, 0.15) is 28.7 Å². The quantitative estimate of drug-likeness (QED) is 0.484. The SMILES string of the molecule is Cc1cc(C2=NOC(c3cncc(Cl)c3)(C(F)(F)F)C2)ccc1/C=N/O. The summed E-state index contributed by atoms with van der Waals surface area (Å²) in [6.45, 7) is 1.74. The average Bonchev–Trinajstić information content (AvgIpc) is 3.03. The van der Waals surface area contributed by atoms with Crippen LogP contribution in [0.5, 0.6) is 0 Å². The normalized spacial score (nSPS) is 20.3. The van der Waals surface area contributed by atoms with E-state index in [-0.39, 0.29) is 16.3 Å². The molecule has 26 heavy (non-hydrogen) atoms. The molecule has 0 bridgehead atoms. The highest BCUT2D eigenvalue weighted by atomic mass is 35.5. The van der Waals surface area contributed by atoms with Gasteiger partial charge in [0.2, 0.25) is 0 Å². The maximum absolute atomic E-state index is 13.9. The van der Waals surface area contributed by atoms with Crippen LogP contribution in [0, 0.1) is 6.92 Å². The van der Waals surface area contributed by atoms with Gasteiger partial charge in [-0.05, 0) is 35.7 Å². The number of rotatable bonds is 3. The predicted molar refractivity (Wildman–Crippen MR) is 89.8 cm³/mol. The highest BCUT2D eigenvalue weighted by Gasteiger charge is 2.62. The molecule has 1 unspecified atom stereocenters. The monoisotopic (exact) mass is 383 g/mol. The molecule has 0 spiro atoms. The molecule has 1 aromatic heterocycles. The third kappa shape index (κ3) is 3.12. The summed E-state index contributed by atoms with van der Waals surface area (Å²) in [5.74, 6) is 0. The third-order valence-electron chi connectivity index (χ3n) is 4.16. The van der Waals surface area contributed by atoms with Crippen LogP contribution in [0.2, 0.25) is 5.02 Å². The number of pyridine rings is 1. The van der Waals surface area contributed by atoms with Crippen LogP contribution >= 0.6 is 11.6 Å². The lowest BCUT2D eigenvalue weighted by atomic mass is 9.87. The molecule has 2 aromatic rings. The fourth-order valence-corrected chi connectivity index (χ4v) is 2.93. The van der Waals surface area contributed by atoms with E-state index in [4.69, 9.17) is 21.6 Å². The van der Waals surface area contributed by atoms with Crippen LogP contribution in [-0.4, -0.2) is 28.3 Å². The zero-order valence-electron chi connectivity index (χ0n) is 13.5. The maximum atomic E-state index is 13.9. The Labute approximate surface area is 151 Å². The number of aromatic nitrogens is 1. The van der Waals surface area contributed by atoms with Crippen LogP contribution in [0.25, 0.3) is 0 Å². The lowest BCUT2D eigenvalue weighted by molar-refractivity contribution is -0.276. The third-order valence-corrected chi connectivity index (χ3v) is 4.36. The molecule has 5 nitrogen and oxygen atoms in total. The van der Waals surface area contributed by atoms with E-state index in [1.165, 1.54) is 18.5 Å². The van der Waals surface area contributed by atoms with E-state index in [0.29, 0.717) is 11.1 Å². The van der Waals surface area contributed by atoms with E-state index in [0.717, 1.165) is 11.8 Å². The summed E-state index contributed by atoms with van der Waals surface area (Å²) >= 11 is 5.80. The number of hydrogen-bond acceptors (Lipinski definition) is 5. The van der Waals surface area contributed by atoms with E-state index in [2.05, 4.69) is 15.3 Å². The molecule has 2 heterocycles. The zero-order valence-corrected chi connectivity index (χ0v) is 14.2. The minimum Gasteiger partial charge on any atom is -0.411 e. The number of aryl methyl sites for hydroxylation is 1. The van der Waals surface area contributed by atoms with Gasteiger partial charge in [-0.2, -0.15) is 13.2 Å². The van der Waals surface area contributed by atoms with Gasteiger partial charge in [-0.25, -0.2) is 0 Å². The van der Waals surface area contributed by atoms with E-state index in [1.807, 2.05) is 0 Å². The molecular formula is C17H13ClF3N3O2. The molecule has 0 aliphatic carbocycles. The minimum atomic E-state index is -4.72. The fraction of sp³-hybridized carbons (Fsp3) is 0.235. The van der Waals surface area contributed by atoms with Gasteiger partial charge >= 0.3 is 6.18 Å². The van der Waals surface area contributed by atoms with Crippen molar-refractivity contribution < 1.29 is 23.2 Å². The van der Waals surface area contributed by atoms with Crippen molar-refractivity contribution in [3.05, 3.63) is 63.9 Å². The molecule has 0 fully saturated rings. The summed E-state index contributed by atoms with van der Waals surface area (Å²) in [7, 11) is 0. The first kappa shape index (κ1) is 18.2. The van der Waals surface area contributed by atoms with Crippen molar-refractivity contribution in [2.24, 2.45) is 10.3 Å². The van der Waals surface area contributed by atoms with Crippen molar-refractivity contribution in [2.75, 3.05) is 0 Å². The molecule has 0 saturated carbocycles. The Morgan fingerprint density at radius 3 is 2.69 bits per heavy atom. The Morgan fingerprint density at radius 2 is 2.08 bits per heavy atom. The van der Waals surface area contributed by atoms with Gasteiger partial charge in [0, 0.05) is 18.0 Å². The van der Waals surface area contributed by atoms with Crippen LogP contribution in [0.15, 0.2) is 47.0 Å². The number of oxime groups is 2. The highest BCUT2D eigenvalue weighted by molar-refractivity contribution is 6.30. The second kappa shape index (κ2) is 6.60. The van der Waals surface area contributed by atoms with Crippen molar-refractivity contribution in [3.63, 3.8) is 0 Å². The summed E-state index contributed by atoms with van der Waals surface area (Å²) < 4.78 is 41.6. The highest BCUT2D eigenvalue weighted by Crippen LogP contribution is 2.48. The standard InChI is InChI=1S/C17H13ClF3N3O2/c1-10-4-11(2-3-12(10)7-23-25)15-6-16(26-24-15,17(19,20)21)13-5-14(18)9-22-8-13/h2-5,7-9,25H,6H2,1H3/b23-7+. The maximum Gasteiger partial charge on any atom is 0.435 e. The molecule has 9 heteroatoms. The molecule has 1 aliphatic heterocycles. The molecule has 1 aromatic carbocycles. The Balaban J connectivity index is 1.98. The van der Waals surface area contributed by atoms with Crippen molar-refractivity contribution >= 4 is 23.5 Å². The van der Waals surface area contributed by atoms with Gasteiger partial charge in [0.05, 0.1) is 23.4 Å². The van der Waals surface area contributed by atoms with E-state index in [9.17, 15) is 13.2 Å². The summed E-state index contributed by atoms with van der Waals surface area (Å²) in [5, 5.41) is 15.3. The largest absolute Gasteiger partial charge is 0.435 e. The molecule has 0 saturated heterocycles. The van der Waals surface area contributed by atoms with Crippen LogP contribution in [0.4, 0.5) is 13.2 Å². The van der Waals surface area contributed by atoms with Crippen molar-refractivity contribution in [1.29, 1.82) is 0 Å². The molecule has 0 radical (unpaired) electrons. The van der Waals surface area contributed by atoms with E-state index >= 15 is 0 Å². The summed E-state index contributed by atoms with van der Waals surface area (Å²) in [6.07, 6.45) is -1.67. The van der Waals surface area contributed by atoms with E-state index in [1.54, 1.807) is 25.1 Å². The van der Waals surface area contributed by atoms with E-state index < -0.39 is 18.2 Å². The Bertz CT molecular complexity index is 899. The molecule has 136 valence electrons. The predicted octanol–water partition coefficient (Wildman–Crippen LogP) is 4.43. The van der Waals surface area contributed by atoms with Gasteiger partial charge in [0.25, 0.3) is 5.60 Å². The lowest BCUT2D eigenvalue weighted by Crippen LogP contribution is -2.42. The van der Waals surface area contributed by atoms with Gasteiger partial charge in [-0.3, -0.25) is 4.98 Å². The van der Waals surface area contributed by atoms with Crippen molar-refractivity contribution in [2.45, 2.75) is 25.1 Å². The summed E-state index contributed by atoms with van der Waals surface area (Å²) in [6, 6.07) is 6.05. The van der Waals surface area contributed by atoms with Gasteiger partial charge in [0.1, 0.15) is 0 Å². The topological polar surface area (TPSA) is 67.1 Å². The summed E-state index contributed by atoms with van der Waals surface area (Å²) in [4.78, 5) is 8.66. The molecular weight excluding hydrogens is 371 g/mol. The number of halogens is 4. The molecule has 1 N–H and O–H groups in total. The molecule has 0 amide bonds. The number of benzene rings is 1.